The highest BCUT2D eigenvalue weighted by atomic mass is 32.2. The van der Waals surface area contributed by atoms with E-state index in [2.05, 4.69) is 25.8 Å². The molecule has 0 aliphatic rings. The van der Waals surface area contributed by atoms with Crippen LogP contribution in [-0.4, -0.2) is 27.5 Å². The van der Waals surface area contributed by atoms with Crippen LogP contribution in [0.25, 0.3) is 0 Å². The van der Waals surface area contributed by atoms with Gasteiger partial charge in [-0.3, -0.25) is 9.59 Å². The lowest BCUT2D eigenvalue weighted by atomic mass is 10.1. The average Bonchev–Trinajstić information content (AvgIpc) is 2.75. The molecule has 2 N–H and O–H groups in total. The number of hydrogen-bond donors (Lipinski definition) is 2. The summed E-state index contributed by atoms with van der Waals surface area (Å²) < 4.78 is 0. The monoisotopic (exact) mass is 447 g/mol. The summed E-state index contributed by atoms with van der Waals surface area (Å²) in [7, 11) is 0. The van der Waals surface area contributed by atoms with E-state index in [-0.39, 0.29) is 11.8 Å². The molecule has 0 unspecified atom stereocenters. The van der Waals surface area contributed by atoms with Gasteiger partial charge in [0.2, 0.25) is 5.91 Å². The maximum atomic E-state index is 12.5. The standard InChI is InChI=1S/C24H25N5O2S/c1-15-12-16(2)26-24(25-15)32-14-19-8-10-20(11-9-19)23(31)29-28-17(3)21-6-5-7-22(13-21)27-18(4)30/h5-13H,14H2,1-4H3,(H,27,30)(H,29,31)/b28-17-. The van der Waals surface area contributed by atoms with Crippen LogP contribution < -0.4 is 10.7 Å². The number of hydrogen-bond acceptors (Lipinski definition) is 6. The van der Waals surface area contributed by atoms with Crippen LogP contribution in [0.1, 0.15) is 46.7 Å². The van der Waals surface area contributed by atoms with Crippen molar-refractivity contribution >= 4 is 35.0 Å². The van der Waals surface area contributed by atoms with Crippen LogP contribution in [0, 0.1) is 13.8 Å². The largest absolute Gasteiger partial charge is 0.326 e. The quantitative estimate of drug-likeness (QED) is 0.241. The minimum absolute atomic E-state index is 0.145. The van der Waals surface area contributed by atoms with Gasteiger partial charge in [0.05, 0.1) is 5.71 Å². The molecule has 3 aromatic rings. The van der Waals surface area contributed by atoms with Crippen LogP contribution in [0.15, 0.2) is 64.9 Å². The molecule has 1 aromatic heterocycles. The normalized spacial score (nSPS) is 11.2. The van der Waals surface area contributed by atoms with Gasteiger partial charge in [-0.2, -0.15) is 5.10 Å². The first kappa shape index (κ1) is 23.1. The van der Waals surface area contributed by atoms with Crippen LogP contribution in [-0.2, 0) is 10.5 Å². The van der Waals surface area contributed by atoms with E-state index >= 15 is 0 Å². The third-order valence-electron chi connectivity index (χ3n) is 4.47. The van der Waals surface area contributed by atoms with Crippen molar-refractivity contribution in [2.24, 2.45) is 5.10 Å². The fourth-order valence-electron chi connectivity index (χ4n) is 2.95. The number of hydrazone groups is 1. The van der Waals surface area contributed by atoms with Gasteiger partial charge in [0.1, 0.15) is 0 Å². The molecule has 0 atom stereocenters. The fraction of sp³-hybridized carbons (Fsp3) is 0.208. The summed E-state index contributed by atoms with van der Waals surface area (Å²) in [6.45, 7) is 7.16. The molecule has 0 fully saturated rings. The molecule has 0 aliphatic carbocycles. The second-order valence-corrected chi connectivity index (χ2v) is 8.26. The van der Waals surface area contributed by atoms with Crippen LogP contribution in [0.5, 0.6) is 0 Å². The van der Waals surface area contributed by atoms with E-state index in [1.807, 2.05) is 44.2 Å². The van der Waals surface area contributed by atoms with Gasteiger partial charge >= 0.3 is 0 Å². The summed E-state index contributed by atoms with van der Waals surface area (Å²) in [6.07, 6.45) is 0. The summed E-state index contributed by atoms with van der Waals surface area (Å²) >= 11 is 1.56. The number of carbonyl (C=O) groups is 2. The minimum atomic E-state index is -0.292. The van der Waals surface area contributed by atoms with Crippen LogP contribution in [0.4, 0.5) is 5.69 Å². The maximum absolute atomic E-state index is 12.5. The lowest BCUT2D eigenvalue weighted by Gasteiger charge is -2.07. The molecule has 0 saturated heterocycles. The molecule has 164 valence electrons. The molecule has 8 heteroatoms. The summed E-state index contributed by atoms with van der Waals surface area (Å²) in [5, 5.41) is 7.67. The Bertz CT molecular complexity index is 1140. The van der Waals surface area contributed by atoms with Gasteiger partial charge in [-0.25, -0.2) is 15.4 Å². The average molecular weight is 448 g/mol. The van der Waals surface area contributed by atoms with Gasteiger partial charge in [-0.1, -0.05) is 36.0 Å². The highest BCUT2D eigenvalue weighted by Gasteiger charge is 2.07. The Morgan fingerprint density at radius 3 is 2.28 bits per heavy atom. The number of thioether (sulfide) groups is 1. The van der Waals surface area contributed by atoms with Gasteiger partial charge < -0.3 is 5.32 Å². The number of anilines is 1. The summed E-state index contributed by atoms with van der Waals surface area (Å²) in [4.78, 5) is 32.5. The Kier molecular flexibility index (Phi) is 7.72. The maximum Gasteiger partial charge on any atom is 0.271 e. The smallest absolute Gasteiger partial charge is 0.271 e. The number of benzene rings is 2. The lowest BCUT2D eigenvalue weighted by molar-refractivity contribution is -0.114. The van der Waals surface area contributed by atoms with E-state index in [1.54, 1.807) is 43.0 Å². The van der Waals surface area contributed by atoms with Crippen molar-refractivity contribution in [2.45, 2.75) is 38.6 Å². The van der Waals surface area contributed by atoms with Crippen molar-refractivity contribution in [3.05, 3.63) is 82.7 Å². The lowest BCUT2D eigenvalue weighted by Crippen LogP contribution is -2.19. The van der Waals surface area contributed by atoms with Crippen LogP contribution in [0.2, 0.25) is 0 Å². The summed E-state index contributed by atoms with van der Waals surface area (Å²) in [6, 6.07) is 16.6. The molecule has 0 radical (unpaired) electrons. The van der Waals surface area contributed by atoms with E-state index in [0.29, 0.717) is 22.7 Å². The van der Waals surface area contributed by atoms with Crippen molar-refractivity contribution in [3.63, 3.8) is 0 Å². The molecule has 0 aliphatic heterocycles. The zero-order chi connectivity index (χ0) is 23.1. The van der Waals surface area contributed by atoms with Crippen molar-refractivity contribution in [3.8, 4) is 0 Å². The minimum Gasteiger partial charge on any atom is -0.326 e. The van der Waals surface area contributed by atoms with E-state index in [9.17, 15) is 9.59 Å². The second-order valence-electron chi connectivity index (χ2n) is 7.32. The van der Waals surface area contributed by atoms with Gasteiger partial charge in [0.15, 0.2) is 5.16 Å². The van der Waals surface area contributed by atoms with Crippen molar-refractivity contribution in [1.82, 2.24) is 15.4 Å². The third kappa shape index (κ3) is 6.75. The predicted molar refractivity (Wildman–Crippen MR) is 128 cm³/mol. The molecule has 7 nitrogen and oxygen atoms in total. The Morgan fingerprint density at radius 1 is 0.938 bits per heavy atom. The Hall–Kier alpha value is -3.52. The number of nitrogens with zero attached hydrogens (tertiary/aromatic N) is 3. The zero-order valence-electron chi connectivity index (χ0n) is 18.5. The van der Waals surface area contributed by atoms with E-state index < -0.39 is 0 Å². The number of rotatable bonds is 7. The first-order chi connectivity index (χ1) is 15.3. The first-order valence-electron chi connectivity index (χ1n) is 10.1. The third-order valence-corrected chi connectivity index (χ3v) is 5.39. The highest BCUT2D eigenvalue weighted by Crippen LogP contribution is 2.20. The number of nitrogens with one attached hydrogen (secondary N) is 2. The molecular formula is C24H25N5O2S. The van der Waals surface area contributed by atoms with Gasteiger partial charge in [-0.05, 0) is 62.2 Å². The molecule has 2 aromatic carbocycles. The van der Waals surface area contributed by atoms with Crippen molar-refractivity contribution in [1.29, 1.82) is 0 Å². The molecule has 0 bridgehead atoms. The zero-order valence-corrected chi connectivity index (χ0v) is 19.3. The van der Waals surface area contributed by atoms with E-state index in [4.69, 9.17) is 0 Å². The topological polar surface area (TPSA) is 96.3 Å². The van der Waals surface area contributed by atoms with Crippen molar-refractivity contribution in [2.75, 3.05) is 5.32 Å². The fourth-order valence-corrected chi connectivity index (χ4v) is 3.85. The molecular weight excluding hydrogens is 422 g/mol. The Labute approximate surface area is 191 Å². The van der Waals surface area contributed by atoms with Gasteiger partial charge in [0, 0.05) is 35.3 Å². The molecule has 0 saturated carbocycles. The second kappa shape index (κ2) is 10.7. The van der Waals surface area contributed by atoms with Crippen LogP contribution >= 0.6 is 11.8 Å². The number of aryl methyl sites for hydroxylation is 2. The van der Waals surface area contributed by atoms with Gasteiger partial charge in [-0.15, -0.1) is 0 Å². The summed E-state index contributed by atoms with van der Waals surface area (Å²) in [5.41, 5.74) is 8.18. The molecule has 1 heterocycles. The van der Waals surface area contributed by atoms with Crippen molar-refractivity contribution < 1.29 is 9.59 Å². The number of aromatic nitrogens is 2. The first-order valence-corrected chi connectivity index (χ1v) is 11.1. The molecule has 0 spiro atoms. The predicted octanol–water partition coefficient (Wildman–Crippen LogP) is 4.50. The Morgan fingerprint density at radius 2 is 1.62 bits per heavy atom. The highest BCUT2D eigenvalue weighted by molar-refractivity contribution is 7.98. The van der Waals surface area contributed by atoms with E-state index in [0.717, 1.165) is 27.7 Å². The Balaban J connectivity index is 1.59. The van der Waals surface area contributed by atoms with Crippen LogP contribution in [0.3, 0.4) is 0 Å². The molecule has 2 amide bonds. The number of amides is 2. The molecule has 3 rings (SSSR count). The SMILES string of the molecule is CC(=O)Nc1cccc(/C(C)=N\NC(=O)c2ccc(CSc3nc(C)cc(C)n3)cc2)c1. The molecule has 32 heavy (non-hydrogen) atoms. The summed E-state index contributed by atoms with van der Waals surface area (Å²) in [5.74, 6) is 0.278. The number of carbonyl (C=O) groups excluding carboxylic acids is 2. The van der Waals surface area contributed by atoms with Gasteiger partial charge in [0.25, 0.3) is 5.91 Å². The van der Waals surface area contributed by atoms with E-state index in [1.165, 1.54) is 6.92 Å².